The first-order valence-corrected chi connectivity index (χ1v) is 7.65. The molecule has 1 saturated heterocycles. The van der Waals surface area contributed by atoms with Crippen LogP contribution in [0.1, 0.15) is 19.8 Å². The van der Waals surface area contributed by atoms with E-state index in [0.717, 1.165) is 24.7 Å². The van der Waals surface area contributed by atoms with Crippen molar-refractivity contribution in [3.8, 4) is 0 Å². The fourth-order valence-corrected chi connectivity index (χ4v) is 2.69. The first-order chi connectivity index (χ1) is 10.2. The molecule has 5 nitrogen and oxygen atoms in total. The lowest BCUT2D eigenvalue weighted by molar-refractivity contribution is 0.438. The van der Waals surface area contributed by atoms with Crippen LogP contribution in [0.5, 0.6) is 0 Å². The summed E-state index contributed by atoms with van der Waals surface area (Å²) in [7, 11) is 0. The summed E-state index contributed by atoms with van der Waals surface area (Å²) in [4.78, 5) is 6.61. The van der Waals surface area contributed by atoms with Crippen molar-refractivity contribution in [2.45, 2.75) is 19.8 Å². The molecule has 0 bridgehead atoms. The van der Waals surface area contributed by atoms with Crippen LogP contribution in [0.15, 0.2) is 30.5 Å². The topological polar surface area (TPSA) is 56.8 Å². The molecular weight excluding hydrogens is 282 g/mol. The van der Waals surface area contributed by atoms with E-state index in [4.69, 9.17) is 12.2 Å². The summed E-state index contributed by atoms with van der Waals surface area (Å²) in [5, 5.41) is 9.74. The Morgan fingerprint density at radius 3 is 2.62 bits per heavy atom. The Labute approximate surface area is 129 Å². The van der Waals surface area contributed by atoms with Crippen LogP contribution in [-0.4, -0.2) is 28.3 Å². The number of anilines is 3. The van der Waals surface area contributed by atoms with Gasteiger partial charge in [0, 0.05) is 24.5 Å². The zero-order valence-corrected chi connectivity index (χ0v) is 12.9. The van der Waals surface area contributed by atoms with Gasteiger partial charge in [-0.15, -0.1) is 0 Å². The highest BCUT2D eigenvalue weighted by molar-refractivity contribution is 7.71. The summed E-state index contributed by atoms with van der Waals surface area (Å²) in [5.74, 6) is 1.50. The van der Waals surface area contributed by atoms with Gasteiger partial charge in [0.05, 0.1) is 6.20 Å². The summed E-state index contributed by atoms with van der Waals surface area (Å²) in [6.45, 7) is 4.62. The zero-order chi connectivity index (χ0) is 14.7. The van der Waals surface area contributed by atoms with Crippen LogP contribution in [0.2, 0.25) is 0 Å². The van der Waals surface area contributed by atoms with Crippen LogP contribution in [0, 0.1) is 10.7 Å². The highest BCUT2D eigenvalue weighted by atomic mass is 32.1. The Morgan fingerprint density at radius 1 is 1.24 bits per heavy atom. The van der Waals surface area contributed by atoms with Gasteiger partial charge in [0.25, 0.3) is 0 Å². The molecule has 1 aliphatic rings. The van der Waals surface area contributed by atoms with Crippen molar-refractivity contribution >= 4 is 29.4 Å². The Balaban J connectivity index is 1.68. The molecule has 3 rings (SSSR count). The lowest BCUT2D eigenvalue weighted by atomic mass is 9.99. The molecule has 1 aliphatic heterocycles. The predicted molar refractivity (Wildman–Crippen MR) is 87.6 cm³/mol. The molecule has 1 fully saturated rings. The molecule has 6 heteroatoms. The van der Waals surface area contributed by atoms with E-state index in [1.165, 1.54) is 18.5 Å². The maximum absolute atomic E-state index is 4.96. The van der Waals surface area contributed by atoms with E-state index in [2.05, 4.69) is 56.6 Å². The number of piperidine rings is 1. The SMILES string of the molecule is CC1CCN(c2ccc(Nc3cn[nH]c(=S)n3)cc2)CC1. The first kappa shape index (κ1) is 14.0. The molecule has 1 aromatic heterocycles. The minimum absolute atomic E-state index is 0.374. The van der Waals surface area contributed by atoms with Crippen molar-refractivity contribution < 1.29 is 0 Å². The standard InChI is InChI=1S/C15H19N5S/c1-11-6-8-20(9-7-11)13-4-2-12(3-5-13)17-14-10-16-19-15(21)18-14/h2-5,10-11H,6-9H2,1H3,(H2,17,18,19,21). The molecule has 110 valence electrons. The normalized spacial score (nSPS) is 16.0. The monoisotopic (exact) mass is 301 g/mol. The van der Waals surface area contributed by atoms with E-state index >= 15 is 0 Å². The number of hydrogen-bond acceptors (Lipinski definition) is 5. The van der Waals surface area contributed by atoms with E-state index in [0.29, 0.717) is 10.6 Å². The number of rotatable bonds is 3. The third-order valence-electron chi connectivity index (χ3n) is 3.86. The van der Waals surface area contributed by atoms with Crippen molar-refractivity contribution in [1.29, 1.82) is 0 Å². The van der Waals surface area contributed by atoms with Gasteiger partial charge in [0.2, 0.25) is 4.77 Å². The van der Waals surface area contributed by atoms with Crippen LogP contribution in [0.3, 0.4) is 0 Å². The third-order valence-corrected chi connectivity index (χ3v) is 4.04. The highest BCUT2D eigenvalue weighted by Gasteiger charge is 2.15. The van der Waals surface area contributed by atoms with Gasteiger partial charge in [0.15, 0.2) is 5.82 Å². The summed E-state index contributed by atoms with van der Waals surface area (Å²) in [5.41, 5.74) is 2.27. The van der Waals surface area contributed by atoms with E-state index in [1.54, 1.807) is 6.20 Å². The average Bonchev–Trinajstić information content (AvgIpc) is 2.49. The first-order valence-electron chi connectivity index (χ1n) is 7.24. The van der Waals surface area contributed by atoms with Crippen molar-refractivity contribution in [2.75, 3.05) is 23.3 Å². The number of benzene rings is 1. The number of hydrogen-bond donors (Lipinski definition) is 2. The summed E-state index contributed by atoms with van der Waals surface area (Å²) in [6, 6.07) is 8.43. The van der Waals surface area contributed by atoms with Gasteiger partial charge in [-0.25, -0.2) is 0 Å². The van der Waals surface area contributed by atoms with Crippen LogP contribution in [0.25, 0.3) is 0 Å². The molecule has 0 spiro atoms. The number of nitrogens with zero attached hydrogens (tertiary/aromatic N) is 3. The van der Waals surface area contributed by atoms with E-state index < -0.39 is 0 Å². The van der Waals surface area contributed by atoms with Gasteiger partial charge in [-0.1, -0.05) is 6.92 Å². The minimum atomic E-state index is 0.374. The third kappa shape index (κ3) is 3.58. The van der Waals surface area contributed by atoms with Gasteiger partial charge >= 0.3 is 0 Å². The van der Waals surface area contributed by atoms with Crippen LogP contribution >= 0.6 is 12.2 Å². The Hall–Kier alpha value is -1.95. The van der Waals surface area contributed by atoms with Gasteiger partial charge in [-0.3, -0.25) is 5.10 Å². The van der Waals surface area contributed by atoms with Crippen molar-refractivity contribution in [3.63, 3.8) is 0 Å². The van der Waals surface area contributed by atoms with Gasteiger partial charge in [-0.2, -0.15) is 10.1 Å². The molecule has 1 aromatic carbocycles. The maximum Gasteiger partial charge on any atom is 0.215 e. The van der Waals surface area contributed by atoms with Crippen LogP contribution in [0.4, 0.5) is 17.2 Å². The number of nitrogens with one attached hydrogen (secondary N) is 2. The summed E-state index contributed by atoms with van der Waals surface area (Å²) >= 11 is 4.96. The maximum atomic E-state index is 4.96. The molecule has 0 amide bonds. The molecule has 2 N–H and O–H groups in total. The van der Waals surface area contributed by atoms with Crippen LogP contribution in [-0.2, 0) is 0 Å². The second-order valence-corrected chi connectivity index (χ2v) is 5.90. The van der Waals surface area contributed by atoms with Gasteiger partial charge < -0.3 is 10.2 Å². The smallest absolute Gasteiger partial charge is 0.215 e. The molecule has 2 aromatic rings. The molecule has 0 saturated carbocycles. The quantitative estimate of drug-likeness (QED) is 0.850. The lowest BCUT2D eigenvalue weighted by Crippen LogP contribution is -2.32. The largest absolute Gasteiger partial charge is 0.372 e. The summed E-state index contributed by atoms with van der Waals surface area (Å²) < 4.78 is 0.374. The zero-order valence-electron chi connectivity index (χ0n) is 12.0. The molecule has 0 atom stereocenters. The summed E-state index contributed by atoms with van der Waals surface area (Å²) in [6.07, 6.45) is 4.17. The van der Waals surface area contributed by atoms with Crippen molar-refractivity contribution in [2.24, 2.45) is 5.92 Å². The predicted octanol–water partition coefficient (Wildman–Crippen LogP) is 3.51. The molecule has 0 aliphatic carbocycles. The van der Waals surface area contributed by atoms with E-state index in [9.17, 15) is 0 Å². The van der Waals surface area contributed by atoms with Crippen LogP contribution < -0.4 is 10.2 Å². The van der Waals surface area contributed by atoms with Crippen molar-refractivity contribution in [3.05, 3.63) is 35.2 Å². The Bertz CT molecular complexity index is 644. The fourth-order valence-electron chi connectivity index (χ4n) is 2.54. The molecule has 0 unspecified atom stereocenters. The second kappa shape index (κ2) is 6.22. The molecular formula is C15H19N5S. The average molecular weight is 301 g/mol. The number of H-pyrrole nitrogens is 1. The molecule has 0 radical (unpaired) electrons. The molecule has 2 heterocycles. The number of aromatic amines is 1. The fraction of sp³-hybridized carbons (Fsp3) is 0.400. The van der Waals surface area contributed by atoms with E-state index in [-0.39, 0.29) is 0 Å². The Kier molecular flexibility index (Phi) is 4.15. The lowest BCUT2D eigenvalue weighted by Gasteiger charge is -2.32. The molecule has 21 heavy (non-hydrogen) atoms. The second-order valence-electron chi connectivity index (χ2n) is 5.51. The van der Waals surface area contributed by atoms with Crippen molar-refractivity contribution in [1.82, 2.24) is 15.2 Å². The van der Waals surface area contributed by atoms with Gasteiger partial charge in [0.1, 0.15) is 0 Å². The van der Waals surface area contributed by atoms with E-state index in [1.807, 2.05) is 0 Å². The van der Waals surface area contributed by atoms with Gasteiger partial charge in [-0.05, 0) is 55.2 Å². The number of aromatic nitrogens is 3. The minimum Gasteiger partial charge on any atom is -0.372 e. The Morgan fingerprint density at radius 2 is 1.95 bits per heavy atom. The highest BCUT2D eigenvalue weighted by Crippen LogP contribution is 2.24.